The van der Waals surface area contributed by atoms with Crippen LogP contribution in [0.1, 0.15) is 35.1 Å². The summed E-state index contributed by atoms with van der Waals surface area (Å²) in [6.07, 6.45) is 11.5. The minimum atomic E-state index is -0.910. The summed E-state index contributed by atoms with van der Waals surface area (Å²) < 4.78 is 0. The third kappa shape index (κ3) is 4.30. The van der Waals surface area contributed by atoms with Gasteiger partial charge in [-0.3, -0.25) is 0 Å². The van der Waals surface area contributed by atoms with Crippen LogP contribution in [-0.2, 0) is 24.9 Å². The monoisotopic (exact) mass is 296 g/mol. The lowest BCUT2D eigenvalue weighted by atomic mass is 9.84. The van der Waals surface area contributed by atoms with Gasteiger partial charge in [0, 0.05) is 6.42 Å². The van der Waals surface area contributed by atoms with E-state index in [2.05, 4.69) is 32.4 Å². The van der Waals surface area contributed by atoms with Crippen molar-refractivity contribution in [2.75, 3.05) is 0 Å². The molecule has 0 atom stereocenters. The topological polar surface area (TPSA) is 52.0 Å². The maximum atomic E-state index is 6.33. The highest BCUT2D eigenvalue weighted by atomic mass is 15.0. The van der Waals surface area contributed by atoms with Crippen molar-refractivity contribution in [1.82, 2.24) is 0 Å². The maximum absolute atomic E-state index is 6.33. The van der Waals surface area contributed by atoms with E-state index in [0.29, 0.717) is 6.42 Å². The van der Waals surface area contributed by atoms with Gasteiger partial charge in [0.2, 0.25) is 0 Å². The van der Waals surface area contributed by atoms with Crippen LogP contribution >= 0.6 is 0 Å². The zero-order valence-electron chi connectivity index (χ0n) is 13.5. The first kappa shape index (κ1) is 18.1. The van der Waals surface area contributed by atoms with Crippen LogP contribution in [-0.4, -0.2) is 0 Å². The average Bonchev–Trinajstić information content (AvgIpc) is 2.47. The molecule has 118 valence electrons. The van der Waals surface area contributed by atoms with Gasteiger partial charge in [-0.2, -0.15) is 0 Å². The average molecular weight is 296 g/mol. The Morgan fingerprint density at radius 3 is 2.05 bits per heavy atom. The number of hydrogen-bond acceptors (Lipinski definition) is 2. The molecule has 0 heterocycles. The van der Waals surface area contributed by atoms with Crippen molar-refractivity contribution in [3.63, 3.8) is 0 Å². The zero-order chi connectivity index (χ0) is 16.6. The highest BCUT2D eigenvalue weighted by Gasteiger charge is 2.25. The van der Waals surface area contributed by atoms with Gasteiger partial charge in [-0.05, 0) is 47.9 Å². The second-order valence-corrected chi connectivity index (χ2v) is 5.58. The highest BCUT2D eigenvalue weighted by Crippen LogP contribution is 2.29. The van der Waals surface area contributed by atoms with E-state index in [1.165, 1.54) is 16.7 Å². The second-order valence-electron chi connectivity index (χ2n) is 5.58. The van der Waals surface area contributed by atoms with Crippen molar-refractivity contribution >= 4 is 0 Å². The van der Waals surface area contributed by atoms with Gasteiger partial charge in [0.15, 0.2) is 0 Å². The van der Waals surface area contributed by atoms with Crippen molar-refractivity contribution in [1.29, 1.82) is 0 Å². The molecule has 22 heavy (non-hydrogen) atoms. The Morgan fingerprint density at radius 2 is 1.50 bits per heavy atom. The number of allylic oxidation sites excluding steroid dienone is 3. The van der Waals surface area contributed by atoms with E-state index in [1.54, 1.807) is 6.08 Å². The minimum absolute atomic E-state index is 0.524. The fraction of sp³-hybridized carbons (Fsp3) is 0.300. The first-order valence-corrected chi connectivity index (χ1v) is 7.67. The van der Waals surface area contributed by atoms with Crippen LogP contribution in [0.25, 0.3) is 0 Å². The van der Waals surface area contributed by atoms with Crippen molar-refractivity contribution in [3.05, 3.63) is 85.0 Å². The first-order chi connectivity index (χ1) is 10.5. The quantitative estimate of drug-likeness (QED) is 0.508. The molecule has 0 aliphatic carbocycles. The van der Waals surface area contributed by atoms with Crippen LogP contribution in [0.2, 0.25) is 0 Å². The van der Waals surface area contributed by atoms with Crippen molar-refractivity contribution < 1.29 is 0 Å². The summed E-state index contributed by atoms with van der Waals surface area (Å²) in [5, 5.41) is 0. The molecule has 1 aromatic carbocycles. The first-order valence-electron chi connectivity index (χ1n) is 7.67. The lowest BCUT2D eigenvalue weighted by Crippen LogP contribution is -2.46. The largest absolute Gasteiger partial charge is 0.309 e. The summed E-state index contributed by atoms with van der Waals surface area (Å²) in [4.78, 5) is 0. The molecule has 0 bridgehead atoms. The van der Waals surface area contributed by atoms with Gasteiger partial charge < -0.3 is 11.5 Å². The van der Waals surface area contributed by atoms with Crippen molar-refractivity contribution in [2.24, 2.45) is 11.5 Å². The van der Waals surface area contributed by atoms with Crippen LogP contribution in [0.4, 0.5) is 0 Å². The Kier molecular flexibility index (Phi) is 7.03. The van der Waals surface area contributed by atoms with Crippen LogP contribution in [0.15, 0.2) is 62.8 Å². The molecule has 4 N–H and O–H groups in total. The van der Waals surface area contributed by atoms with Crippen molar-refractivity contribution in [3.8, 4) is 0 Å². The molecule has 0 aromatic heterocycles. The van der Waals surface area contributed by atoms with Crippen molar-refractivity contribution in [2.45, 2.75) is 37.8 Å². The SMILES string of the molecule is C=CCCc1ccc(C(N)(N)CC=C)c(CC=C)c1CC=C. The molecule has 0 aliphatic rings. The summed E-state index contributed by atoms with van der Waals surface area (Å²) in [6, 6.07) is 4.18. The molecule has 2 nitrogen and oxygen atoms in total. The highest BCUT2D eigenvalue weighted by molar-refractivity contribution is 5.46. The van der Waals surface area contributed by atoms with Gasteiger partial charge in [-0.1, -0.05) is 36.4 Å². The number of nitrogens with two attached hydrogens (primary N) is 2. The summed E-state index contributed by atoms with van der Waals surface area (Å²) in [6.45, 7) is 15.3. The lowest BCUT2D eigenvalue weighted by molar-refractivity contribution is 0.467. The van der Waals surface area contributed by atoms with Crippen LogP contribution in [0, 0.1) is 0 Å². The van der Waals surface area contributed by atoms with Gasteiger partial charge in [-0.25, -0.2) is 0 Å². The summed E-state index contributed by atoms with van der Waals surface area (Å²) in [5.74, 6) is 0. The number of aryl methyl sites for hydroxylation is 1. The molecule has 2 heteroatoms. The van der Waals surface area contributed by atoms with Crippen LogP contribution in [0.5, 0.6) is 0 Å². The Hall–Kier alpha value is -1.90. The third-order valence-electron chi connectivity index (χ3n) is 3.83. The molecule has 0 saturated carbocycles. The van der Waals surface area contributed by atoms with Gasteiger partial charge in [-0.15, -0.1) is 26.3 Å². The third-order valence-corrected chi connectivity index (χ3v) is 3.83. The Balaban J connectivity index is 3.48. The predicted octanol–water partition coefficient (Wildman–Crippen LogP) is 3.91. The van der Waals surface area contributed by atoms with E-state index in [9.17, 15) is 0 Å². The predicted molar refractivity (Wildman–Crippen MR) is 97.6 cm³/mol. The Labute approximate surface area is 134 Å². The van der Waals surface area contributed by atoms with Gasteiger partial charge >= 0.3 is 0 Å². The standard InChI is InChI=1S/C20H28N2/c1-5-9-12-16-13-14-19(20(21,22)15-8-4)18(11-7-3)17(16)10-6-2/h5-8,13-14H,1-4,9-12,15,21-22H2. The normalized spacial score (nSPS) is 11.0. The molecular weight excluding hydrogens is 268 g/mol. The van der Waals surface area contributed by atoms with E-state index in [-0.39, 0.29) is 0 Å². The summed E-state index contributed by atoms with van der Waals surface area (Å²) in [7, 11) is 0. The zero-order valence-corrected chi connectivity index (χ0v) is 13.5. The molecule has 1 aromatic rings. The molecule has 1 rings (SSSR count). The number of benzene rings is 1. The second kappa shape index (κ2) is 8.52. The van der Waals surface area contributed by atoms with Crippen LogP contribution < -0.4 is 11.5 Å². The van der Waals surface area contributed by atoms with Crippen LogP contribution in [0.3, 0.4) is 0 Å². The Morgan fingerprint density at radius 1 is 0.864 bits per heavy atom. The fourth-order valence-corrected chi connectivity index (χ4v) is 2.79. The van der Waals surface area contributed by atoms with Gasteiger partial charge in [0.05, 0.1) is 5.66 Å². The molecule has 0 unspecified atom stereocenters. The van der Waals surface area contributed by atoms with E-state index in [0.717, 1.165) is 31.2 Å². The summed E-state index contributed by atoms with van der Waals surface area (Å²) >= 11 is 0. The molecule has 0 amide bonds. The minimum Gasteiger partial charge on any atom is -0.309 e. The van der Waals surface area contributed by atoms with E-state index >= 15 is 0 Å². The molecule has 0 saturated heterocycles. The van der Waals surface area contributed by atoms with Gasteiger partial charge in [0.25, 0.3) is 0 Å². The molecule has 0 spiro atoms. The lowest BCUT2D eigenvalue weighted by Gasteiger charge is -2.29. The number of rotatable bonds is 10. The fourth-order valence-electron chi connectivity index (χ4n) is 2.79. The Bertz CT molecular complexity index is 553. The van der Waals surface area contributed by atoms with E-state index < -0.39 is 5.66 Å². The molecular formula is C20H28N2. The molecule has 0 aliphatic heterocycles. The molecule has 0 radical (unpaired) electrons. The van der Waals surface area contributed by atoms with E-state index in [4.69, 9.17) is 11.5 Å². The molecule has 0 fully saturated rings. The smallest absolute Gasteiger partial charge is 0.0937 e. The number of hydrogen-bond donors (Lipinski definition) is 2. The van der Waals surface area contributed by atoms with E-state index in [1.807, 2.05) is 24.3 Å². The maximum Gasteiger partial charge on any atom is 0.0937 e. The van der Waals surface area contributed by atoms with Gasteiger partial charge in [0.1, 0.15) is 0 Å². The summed E-state index contributed by atoms with van der Waals surface area (Å²) in [5.41, 5.74) is 16.4.